The number of aromatic nitrogens is 2. The van der Waals surface area contributed by atoms with Crippen molar-refractivity contribution in [2.45, 2.75) is 52.1 Å². The largest absolute Gasteiger partial charge is 0.389 e. The molecule has 1 aromatic heterocycles. The second kappa shape index (κ2) is 5.73. The summed E-state index contributed by atoms with van der Waals surface area (Å²) < 4.78 is 2.02. The zero-order valence-corrected chi connectivity index (χ0v) is 13.7. The Morgan fingerprint density at radius 1 is 1.14 bits per heavy atom. The molecule has 3 rings (SSSR count). The highest BCUT2D eigenvalue weighted by Crippen LogP contribution is 2.33. The van der Waals surface area contributed by atoms with Gasteiger partial charge in [-0.3, -0.25) is 0 Å². The Morgan fingerprint density at radius 2 is 1.82 bits per heavy atom. The van der Waals surface area contributed by atoms with Crippen molar-refractivity contribution < 1.29 is 5.11 Å². The van der Waals surface area contributed by atoms with Crippen molar-refractivity contribution in [2.75, 3.05) is 0 Å². The van der Waals surface area contributed by atoms with Crippen LogP contribution in [0.2, 0.25) is 0 Å². The molecule has 22 heavy (non-hydrogen) atoms. The lowest BCUT2D eigenvalue weighted by Gasteiger charge is -2.11. The van der Waals surface area contributed by atoms with Crippen molar-refractivity contribution >= 4 is 0 Å². The summed E-state index contributed by atoms with van der Waals surface area (Å²) >= 11 is 0. The first-order chi connectivity index (χ1) is 10.5. The van der Waals surface area contributed by atoms with Gasteiger partial charge in [-0.05, 0) is 43.9 Å². The van der Waals surface area contributed by atoms with Crippen LogP contribution in [0.3, 0.4) is 0 Å². The molecule has 1 N–H and O–H groups in total. The van der Waals surface area contributed by atoms with Crippen LogP contribution in [-0.4, -0.2) is 21.0 Å². The van der Waals surface area contributed by atoms with Crippen LogP contribution in [-0.2, 0) is 0 Å². The van der Waals surface area contributed by atoms with Crippen molar-refractivity contribution in [1.29, 1.82) is 0 Å². The first-order valence-electron chi connectivity index (χ1n) is 8.00. The number of benzene rings is 1. The number of aliphatic hydroxyl groups excluding tert-OH is 1. The summed E-state index contributed by atoms with van der Waals surface area (Å²) in [5.74, 6) is 0.814. The standard InChI is InChI=1S/C19H24N2O/c1-12(2)15-5-8-17(9-6-15)21-14(4)19(13(3)20-21)16-7-10-18(22)11-16/h5-10,12,16,18,22H,11H2,1-4H3. The molecule has 1 aliphatic rings. The highest BCUT2D eigenvalue weighted by Gasteiger charge is 2.25. The predicted molar refractivity (Wildman–Crippen MR) is 89.6 cm³/mol. The molecular weight excluding hydrogens is 272 g/mol. The van der Waals surface area contributed by atoms with Crippen LogP contribution in [0.4, 0.5) is 0 Å². The van der Waals surface area contributed by atoms with E-state index in [0.29, 0.717) is 5.92 Å². The van der Waals surface area contributed by atoms with Crippen molar-refractivity contribution in [1.82, 2.24) is 9.78 Å². The first kappa shape index (κ1) is 15.0. The second-order valence-electron chi connectivity index (χ2n) is 6.54. The fraction of sp³-hybridized carbons (Fsp3) is 0.421. The zero-order chi connectivity index (χ0) is 15.9. The predicted octanol–water partition coefficient (Wildman–Crippen LogP) is 4.02. The Morgan fingerprint density at radius 3 is 2.36 bits per heavy atom. The topological polar surface area (TPSA) is 38.0 Å². The lowest BCUT2D eigenvalue weighted by molar-refractivity contribution is 0.218. The van der Waals surface area contributed by atoms with Gasteiger partial charge in [0, 0.05) is 17.2 Å². The van der Waals surface area contributed by atoms with E-state index in [1.807, 2.05) is 10.8 Å². The molecule has 0 saturated carbocycles. The SMILES string of the molecule is Cc1nn(-c2ccc(C(C)C)cc2)c(C)c1C1C=CC(O)C1. The van der Waals surface area contributed by atoms with Gasteiger partial charge in [-0.2, -0.15) is 5.10 Å². The molecule has 0 amide bonds. The third-order valence-corrected chi connectivity index (χ3v) is 4.58. The van der Waals surface area contributed by atoms with Gasteiger partial charge in [-0.25, -0.2) is 4.68 Å². The van der Waals surface area contributed by atoms with E-state index in [1.165, 1.54) is 16.8 Å². The van der Waals surface area contributed by atoms with Crippen molar-refractivity contribution in [2.24, 2.45) is 0 Å². The van der Waals surface area contributed by atoms with Crippen LogP contribution in [0.5, 0.6) is 0 Å². The van der Waals surface area contributed by atoms with Crippen LogP contribution in [0.1, 0.15) is 54.6 Å². The number of aliphatic hydroxyl groups is 1. The molecule has 2 atom stereocenters. The van der Waals surface area contributed by atoms with E-state index in [9.17, 15) is 5.11 Å². The number of hydrogen-bond donors (Lipinski definition) is 1. The van der Waals surface area contributed by atoms with Crippen LogP contribution < -0.4 is 0 Å². The smallest absolute Gasteiger partial charge is 0.0730 e. The molecule has 3 heteroatoms. The summed E-state index contributed by atoms with van der Waals surface area (Å²) in [6, 6.07) is 8.63. The maximum Gasteiger partial charge on any atom is 0.0730 e. The minimum atomic E-state index is -0.322. The van der Waals surface area contributed by atoms with Gasteiger partial charge < -0.3 is 5.11 Å². The summed E-state index contributed by atoms with van der Waals surface area (Å²) in [7, 11) is 0. The van der Waals surface area contributed by atoms with Gasteiger partial charge in [0.1, 0.15) is 0 Å². The van der Waals surface area contributed by atoms with E-state index in [-0.39, 0.29) is 12.0 Å². The van der Waals surface area contributed by atoms with E-state index in [1.54, 1.807) is 0 Å². The third kappa shape index (κ3) is 2.61. The fourth-order valence-corrected chi connectivity index (χ4v) is 3.34. The van der Waals surface area contributed by atoms with E-state index in [0.717, 1.165) is 17.8 Å². The first-order valence-corrected chi connectivity index (χ1v) is 8.00. The van der Waals surface area contributed by atoms with Gasteiger partial charge in [-0.1, -0.05) is 38.1 Å². The van der Waals surface area contributed by atoms with Gasteiger partial charge in [0.25, 0.3) is 0 Å². The highest BCUT2D eigenvalue weighted by molar-refractivity contribution is 5.42. The van der Waals surface area contributed by atoms with Crippen LogP contribution in [0, 0.1) is 13.8 Å². The van der Waals surface area contributed by atoms with Gasteiger partial charge in [-0.15, -0.1) is 0 Å². The Kier molecular flexibility index (Phi) is 3.92. The molecule has 0 fully saturated rings. The van der Waals surface area contributed by atoms with E-state index in [2.05, 4.69) is 58.0 Å². The lowest BCUT2D eigenvalue weighted by Crippen LogP contribution is -2.04. The number of hydrogen-bond acceptors (Lipinski definition) is 2. The Labute approximate surface area is 132 Å². The summed E-state index contributed by atoms with van der Waals surface area (Å²) in [6.07, 6.45) is 4.43. The molecule has 0 saturated heterocycles. The minimum Gasteiger partial charge on any atom is -0.389 e. The number of allylic oxidation sites excluding steroid dienone is 1. The van der Waals surface area contributed by atoms with Crippen LogP contribution >= 0.6 is 0 Å². The number of nitrogens with zero attached hydrogens (tertiary/aromatic N) is 2. The Balaban J connectivity index is 1.97. The summed E-state index contributed by atoms with van der Waals surface area (Å²) in [5.41, 5.74) is 5.90. The number of rotatable bonds is 3. The molecule has 0 aliphatic heterocycles. The normalized spacial score (nSPS) is 21.0. The van der Waals surface area contributed by atoms with E-state index >= 15 is 0 Å². The van der Waals surface area contributed by atoms with Gasteiger partial charge in [0.15, 0.2) is 0 Å². The minimum absolute atomic E-state index is 0.277. The second-order valence-corrected chi connectivity index (χ2v) is 6.54. The van der Waals surface area contributed by atoms with E-state index < -0.39 is 0 Å². The van der Waals surface area contributed by atoms with Gasteiger partial charge in [0.05, 0.1) is 17.5 Å². The fourth-order valence-electron chi connectivity index (χ4n) is 3.34. The van der Waals surface area contributed by atoms with Crippen LogP contribution in [0.15, 0.2) is 36.4 Å². The van der Waals surface area contributed by atoms with Crippen molar-refractivity contribution in [3.63, 3.8) is 0 Å². The maximum atomic E-state index is 9.74. The lowest BCUT2D eigenvalue weighted by atomic mass is 9.96. The molecular formula is C19H24N2O. The van der Waals surface area contributed by atoms with Crippen LogP contribution in [0.25, 0.3) is 5.69 Å². The average molecular weight is 296 g/mol. The molecule has 0 bridgehead atoms. The maximum absolute atomic E-state index is 9.74. The molecule has 3 nitrogen and oxygen atoms in total. The number of aryl methyl sites for hydroxylation is 1. The molecule has 1 heterocycles. The van der Waals surface area contributed by atoms with Crippen molar-refractivity contribution in [3.05, 3.63) is 58.9 Å². The third-order valence-electron chi connectivity index (χ3n) is 4.58. The molecule has 1 aliphatic carbocycles. The molecule has 0 radical (unpaired) electrons. The monoisotopic (exact) mass is 296 g/mol. The van der Waals surface area contributed by atoms with E-state index in [4.69, 9.17) is 5.10 Å². The Hall–Kier alpha value is -1.87. The average Bonchev–Trinajstić information content (AvgIpc) is 3.02. The Bertz CT molecular complexity index is 695. The molecule has 116 valence electrons. The quantitative estimate of drug-likeness (QED) is 0.869. The zero-order valence-electron chi connectivity index (χ0n) is 13.7. The van der Waals surface area contributed by atoms with Gasteiger partial charge in [0.2, 0.25) is 0 Å². The summed E-state index contributed by atoms with van der Waals surface area (Å²) in [4.78, 5) is 0. The van der Waals surface area contributed by atoms with Gasteiger partial charge >= 0.3 is 0 Å². The molecule has 2 aromatic rings. The molecule has 1 aromatic carbocycles. The van der Waals surface area contributed by atoms with Crippen molar-refractivity contribution in [3.8, 4) is 5.69 Å². The summed E-state index contributed by atoms with van der Waals surface area (Å²) in [5, 5.41) is 14.5. The molecule has 2 unspecified atom stereocenters. The highest BCUT2D eigenvalue weighted by atomic mass is 16.3. The summed E-state index contributed by atoms with van der Waals surface area (Å²) in [6.45, 7) is 8.58. The molecule has 0 spiro atoms.